The molecule has 2 heterocycles. The molecule has 0 aliphatic heterocycles. The topological polar surface area (TPSA) is 28.7 Å². The van der Waals surface area contributed by atoms with Crippen molar-refractivity contribution in [1.29, 1.82) is 0 Å². The average Bonchev–Trinajstić information content (AvgIpc) is 2.72. The van der Waals surface area contributed by atoms with Crippen LogP contribution in [0.2, 0.25) is 0 Å². The molecule has 0 aliphatic carbocycles. The zero-order valence-corrected chi connectivity index (χ0v) is 8.74. The largest absolute Gasteiger partial charge is 0.354 e. The van der Waals surface area contributed by atoms with Gasteiger partial charge in [-0.15, -0.1) is 0 Å². The standard InChI is InChI=1S/C13H8F2N2/c14-10-1-2-12-8(3-10)5-13(17-12)9-4-11(15)7-16-6-9/h1-7,17H. The van der Waals surface area contributed by atoms with E-state index in [1.807, 2.05) is 0 Å². The lowest BCUT2D eigenvalue weighted by Gasteiger charge is -1.96. The molecule has 3 aromatic rings. The van der Waals surface area contributed by atoms with E-state index in [0.29, 0.717) is 5.56 Å². The minimum atomic E-state index is -0.396. The summed E-state index contributed by atoms with van der Waals surface area (Å²) in [4.78, 5) is 6.87. The van der Waals surface area contributed by atoms with Crippen molar-refractivity contribution < 1.29 is 8.78 Å². The third-order valence-corrected chi connectivity index (χ3v) is 2.60. The maximum atomic E-state index is 13.0. The van der Waals surface area contributed by atoms with Crippen molar-refractivity contribution >= 4 is 10.9 Å². The van der Waals surface area contributed by atoms with Crippen LogP contribution in [0.4, 0.5) is 8.78 Å². The van der Waals surface area contributed by atoms with Crippen LogP contribution in [0.5, 0.6) is 0 Å². The predicted molar refractivity (Wildman–Crippen MR) is 61.4 cm³/mol. The second-order valence-corrected chi connectivity index (χ2v) is 3.81. The first-order valence-electron chi connectivity index (χ1n) is 5.11. The van der Waals surface area contributed by atoms with Crippen molar-refractivity contribution in [2.45, 2.75) is 0 Å². The van der Waals surface area contributed by atoms with Crippen LogP contribution in [0.25, 0.3) is 22.2 Å². The highest BCUT2D eigenvalue weighted by atomic mass is 19.1. The molecule has 0 spiro atoms. The number of hydrogen-bond acceptors (Lipinski definition) is 1. The molecule has 0 saturated heterocycles. The van der Waals surface area contributed by atoms with Crippen LogP contribution in [0, 0.1) is 11.6 Å². The molecule has 0 atom stereocenters. The lowest BCUT2D eigenvalue weighted by Crippen LogP contribution is -1.82. The normalized spacial score (nSPS) is 10.9. The van der Waals surface area contributed by atoms with Crippen molar-refractivity contribution in [2.75, 3.05) is 0 Å². The van der Waals surface area contributed by atoms with Gasteiger partial charge in [-0.25, -0.2) is 8.78 Å². The first kappa shape index (κ1) is 9.96. The van der Waals surface area contributed by atoms with Gasteiger partial charge in [-0.3, -0.25) is 4.98 Å². The van der Waals surface area contributed by atoms with Crippen molar-refractivity contribution in [1.82, 2.24) is 9.97 Å². The van der Waals surface area contributed by atoms with E-state index < -0.39 is 5.82 Å². The molecule has 2 aromatic heterocycles. The lowest BCUT2D eigenvalue weighted by atomic mass is 10.2. The van der Waals surface area contributed by atoms with Gasteiger partial charge in [0.25, 0.3) is 0 Å². The number of halogens is 2. The second kappa shape index (κ2) is 3.66. The van der Waals surface area contributed by atoms with Gasteiger partial charge in [0, 0.05) is 28.4 Å². The number of H-pyrrole nitrogens is 1. The number of pyridine rings is 1. The van der Waals surface area contributed by atoms with Gasteiger partial charge in [0.15, 0.2) is 0 Å². The lowest BCUT2D eigenvalue weighted by molar-refractivity contribution is 0.622. The molecule has 0 saturated carbocycles. The van der Waals surface area contributed by atoms with Crippen molar-refractivity contribution in [3.05, 3.63) is 54.4 Å². The van der Waals surface area contributed by atoms with E-state index in [-0.39, 0.29) is 5.82 Å². The van der Waals surface area contributed by atoms with Crippen LogP contribution >= 0.6 is 0 Å². The Labute approximate surface area is 95.9 Å². The second-order valence-electron chi connectivity index (χ2n) is 3.81. The first-order valence-corrected chi connectivity index (χ1v) is 5.11. The van der Waals surface area contributed by atoms with Gasteiger partial charge in [0.05, 0.1) is 6.20 Å². The number of aromatic nitrogens is 2. The quantitative estimate of drug-likeness (QED) is 0.680. The van der Waals surface area contributed by atoms with E-state index in [1.54, 1.807) is 18.3 Å². The van der Waals surface area contributed by atoms with E-state index in [1.165, 1.54) is 18.2 Å². The summed E-state index contributed by atoms with van der Waals surface area (Å²) in [5.74, 6) is -0.687. The number of rotatable bonds is 1. The van der Waals surface area contributed by atoms with Crippen molar-refractivity contribution in [3.63, 3.8) is 0 Å². The van der Waals surface area contributed by atoms with E-state index in [4.69, 9.17) is 0 Å². The minimum Gasteiger partial charge on any atom is -0.354 e. The van der Waals surface area contributed by atoms with Crippen LogP contribution in [-0.4, -0.2) is 9.97 Å². The van der Waals surface area contributed by atoms with Crippen LogP contribution in [0.1, 0.15) is 0 Å². The summed E-state index contributed by atoms with van der Waals surface area (Å²) in [5.41, 5.74) is 2.17. The third kappa shape index (κ3) is 1.78. The van der Waals surface area contributed by atoms with Gasteiger partial charge in [-0.05, 0) is 30.3 Å². The number of fused-ring (bicyclic) bond motifs is 1. The summed E-state index contributed by atoms with van der Waals surface area (Å²) in [6, 6.07) is 7.62. The van der Waals surface area contributed by atoms with Crippen LogP contribution in [0.3, 0.4) is 0 Å². The van der Waals surface area contributed by atoms with Gasteiger partial charge in [-0.1, -0.05) is 0 Å². The zero-order chi connectivity index (χ0) is 11.8. The number of nitrogens with zero attached hydrogens (tertiary/aromatic N) is 1. The predicted octanol–water partition coefficient (Wildman–Crippen LogP) is 3.51. The third-order valence-electron chi connectivity index (χ3n) is 2.60. The fourth-order valence-electron chi connectivity index (χ4n) is 1.82. The molecule has 3 rings (SSSR count). The number of aromatic amines is 1. The zero-order valence-electron chi connectivity index (χ0n) is 8.74. The molecule has 0 fully saturated rings. The Morgan fingerprint density at radius 3 is 2.65 bits per heavy atom. The van der Waals surface area contributed by atoms with Gasteiger partial charge in [0.2, 0.25) is 0 Å². The SMILES string of the molecule is Fc1cncc(-c2cc3cc(F)ccc3[nH]2)c1. The Balaban J connectivity index is 2.18. The molecule has 4 heteroatoms. The maximum Gasteiger partial charge on any atom is 0.142 e. The van der Waals surface area contributed by atoms with Gasteiger partial charge in [-0.2, -0.15) is 0 Å². The summed E-state index contributed by atoms with van der Waals surface area (Å²) in [6.45, 7) is 0. The molecule has 0 radical (unpaired) electrons. The molecule has 0 aliphatic rings. The summed E-state index contributed by atoms with van der Waals surface area (Å²) in [5, 5.41) is 0.754. The number of hydrogen-bond donors (Lipinski definition) is 1. The molecule has 2 nitrogen and oxygen atoms in total. The molecular weight excluding hydrogens is 222 g/mol. The first-order chi connectivity index (χ1) is 8.22. The Morgan fingerprint density at radius 2 is 1.82 bits per heavy atom. The molecule has 0 amide bonds. The Morgan fingerprint density at radius 1 is 0.941 bits per heavy atom. The molecule has 1 N–H and O–H groups in total. The molecule has 84 valence electrons. The molecule has 0 unspecified atom stereocenters. The summed E-state index contributed by atoms with van der Waals surface area (Å²) in [7, 11) is 0. The average molecular weight is 230 g/mol. The molecular formula is C13H8F2N2. The molecule has 1 aromatic carbocycles. The van der Waals surface area contributed by atoms with Crippen molar-refractivity contribution in [3.8, 4) is 11.3 Å². The van der Waals surface area contributed by atoms with E-state index in [0.717, 1.165) is 22.8 Å². The fraction of sp³-hybridized carbons (Fsp3) is 0. The number of nitrogens with one attached hydrogen (secondary N) is 1. The monoisotopic (exact) mass is 230 g/mol. The van der Waals surface area contributed by atoms with Crippen molar-refractivity contribution in [2.24, 2.45) is 0 Å². The van der Waals surface area contributed by atoms with Crippen LogP contribution in [0.15, 0.2) is 42.7 Å². The minimum absolute atomic E-state index is 0.291. The fourth-order valence-corrected chi connectivity index (χ4v) is 1.82. The van der Waals surface area contributed by atoms with E-state index in [2.05, 4.69) is 9.97 Å². The van der Waals surface area contributed by atoms with Gasteiger partial charge in [0.1, 0.15) is 11.6 Å². The van der Waals surface area contributed by atoms with E-state index in [9.17, 15) is 8.78 Å². The van der Waals surface area contributed by atoms with Crippen LogP contribution in [-0.2, 0) is 0 Å². The molecule has 0 bridgehead atoms. The van der Waals surface area contributed by atoms with Gasteiger partial charge < -0.3 is 4.98 Å². The molecule has 17 heavy (non-hydrogen) atoms. The highest BCUT2D eigenvalue weighted by Gasteiger charge is 2.05. The highest BCUT2D eigenvalue weighted by molar-refractivity contribution is 5.85. The summed E-state index contributed by atoms with van der Waals surface area (Å²) in [6.07, 6.45) is 2.70. The summed E-state index contributed by atoms with van der Waals surface area (Å²) < 4.78 is 26.1. The van der Waals surface area contributed by atoms with Gasteiger partial charge >= 0.3 is 0 Å². The maximum absolute atomic E-state index is 13.0. The van der Waals surface area contributed by atoms with Crippen LogP contribution < -0.4 is 0 Å². The Bertz CT molecular complexity index is 689. The smallest absolute Gasteiger partial charge is 0.142 e. The Hall–Kier alpha value is -2.23. The summed E-state index contributed by atoms with van der Waals surface area (Å²) >= 11 is 0. The van der Waals surface area contributed by atoms with E-state index >= 15 is 0 Å². The Kier molecular flexibility index (Phi) is 2.14. The number of benzene rings is 1. The highest BCUT2D eigenvalue weighted by Crippen LogP contribution is 2.24.